The molecule has 1 fully saturated rings. The van der Waals surface area contributed by atoms with Crippen LogP contribution in [-0.4, -0.2) is 24.8 Å². The van der Waals surface area contributed by atoms with Gasteiger partial charge in [0.15, 0.2) is 0 Å². The molecule has 0 heterocycles. The van der Waals surface area contributed by atoms with Crippen LogP contribution in [0.4, 0.5) is 9.18 Å². The van der Waals surface area contributed by atoms with Crippen LogP contribution >= 0.6 is 0 Å². The van der Waals surface area contributed by atoms with Gasteiger partial charge in [0, 0.05) is 0 Å². The molecule has 23 heavy (non-hydrogen) atoms. The first-order valence-corrected chi connectivity index (χ1v) is 7.71. The Labute approximate surface area is 136 Å². The lowest BCUT2D eigenvalue weighted by Crippen LogP contribution is -2.32. The second-order valence-electron chi connectivity index (χ2n) is 6.55. The summed E-state index contributed by atoms with van der Waals surface area (Å²) in [5.74, 6) is 6.42. The van der Waals surface area contributed by atoms with Crippen molar-refractivity contribution in [3.8, 4) is 17.6 Å². The van der Waals surface area contributed by atoms with Crippen molar-refractivity contribution in [2.45, 2.75) is 39.2 Å². The lowest BCUT2D eigenvalue weighted by molar-refractivity contribution is 0.0535. The molecule has 0 atom stereocenters. The van der Waals surface area contributed by atoms with Crippen molar-refractivity contribution in [3.63, 3.8) is 0 Å². The van der Waals surface area contributed by atoms with Crippen LogP contribution in [0.3, 0.4) is 0 Å². The SMILES string of the molecule is CC(C)(C)OC(=O)NCC#Cc1cc(F)ccc1OCC1CC1. The first-order chi connectivity index (χ1) is 10.8. The average Bonchev–Trinajstić information content (AvgIpc) is 3.25. The maximum absolute atomic E-state index is 13.4. The summed E-state index contributed by atoms with van der Waals surface area (Å²) >= 11 is 0. The van der Waals surface area contributed by atoms with Gasteiger partial charge in [-0.1, -0.05) is 11.8 Å². The Hall–Kier alpha value is -2.22. The van der Waals surface area contributed by atoms with Gasteiger partial charge in [-0.05, 0) is 57.7 Å². The second-order valence-corrected chi connectivity index (χ2v) is 6.55. The number of carbonyl (C=O) groups excluding carboxylic acids is 1. The summed E-state index contributed by atoms with van der Waals surface area (Å²) in [5.41, 5.74) is -0.0687. The highest BCUT2D eigenvalue weighted by Gasteiger charge is 2.22. The molecule has 5 heteroatoms. The third kappa shape index (κ3) is 6.60. The van der Waals surface area contributed by atoms with E-state index in [-0.39, 0.29) is 12.4 Å². The zero-order valence-electron chi connectivity index (χ0n) is 13.7. The highest BCUT2D eigenvalue weighted by molar-refractivity contribution is 5.68. The molecule has 0 spiro atoms. The first kappa shape index (κ1) is 17.1. The van der Waals surface area contributed by atoms with Gasteiger partial charge in [0.1, 0.15) is 17.2 Å². The van der Waals surface area contributed by atoms with Crippen LogP contribution in [0.5, 0.6) is 5.75 Å². The lowest BCUT2D eigenvalue weighted by atomic mass is 10.2. The van der Waals surface area contributed by atoms with Gasteiger partial charge < -0.3 is 14.8 Å². The molecule has 0 saturated heterocycles. The van der Waals surface area contributed by atoms with Crippen molar-refractivity contribution in [1.29, 1.82) is 0 Å². The van der Waals surface area contributed by atoms with Gasteiger partial charge in [-0.15, -0.1) is 0 Å². The van der Waals surface area contributed by atoms with E-state index in [1.54, 1.807) is 26.8 Å². The number of carbonyl (C=O) groups is 1. The summed E-state index contributed by atoms with van der Waals surface area (Å²) in [4.78, 5) is 11.5. The number of alkyl carbamates (subject to hydrolysis) is 1. The number of amides is 1. The van der Waals surface area contributed by atoms with E-state index in [1.807, 2.05) is 0 Å². The molecule has 0 radical (unpaired) electrons. The highest BCUT2D eigenvalue weighted by atomic mass is 19.1. The molecular formula is C18H22FNO3. The van der Waals surface area contributed by atoms with Crippen LogP contribution in [0.25, 0.3) is 0 Å². The summed E-state index contributed by atoms with van der Waals surface area (Å²) in [6, 6.07) is 4.28. The van der Waals surface area contributed by atoms with E-state index in [2.05, 4.69) is 17.2 Å². The van der Waals surface area contributed by atoms with Crippen molar-refractivity contribution in [1.82, 2.24) is 5.32 Å². The number of hydrogen-bond acceptors (Lipinski definition) is 3. The molecule has 1 saturated carbocycles. The predicted octanol–water partition coefficient (Wildman–Crippen LogP) is 3.49. The zero-order chi connectivity index (χ0) is 16.9. The van der Waals surface area contributed by atoms with Gasteiger partial charge >= 0.3 is 6.09 Å². The topological polar surface area (TPSA) is 47.6 Å². The summed E-state index contributed by atoms with van der Waals surface area (Å²) in [6.45, 7) is 6.11. The van der Waals surface area contributed by atoms with E-state index in [1.165, 1.54) is 25.0 Å². The largest absolute Gasteiger partial charge is 0.492 e. The van der Waals surface area contributed by atoms with E-state index < -0.39 is 11.7 Å². The van der Waals surface area contributed by atoms with Crippen molar-refractivity contribution in [2.24, 2.45) is 5.92 Å². The maximum atomic E-state index is 13.4. The fraction of sp³-hybridized carbons (Fsp3) is 0.500. The Balaban J connectivity index is 1.91. The molecule has 1 aliphatic carbocycles. The molecule has 1 aromatic carbocycles. The third-order valence-electron chi connectivity index (χ3n) is 3.06. The van der Waals surface area contributed by atoms with Crippen molar-refractivity contribution in [2.75, 3.05) is 13.2 Å². The maximum Gasteiger partial charge on any atom is 0.408 e. The Morgan fingerprint density at radius 2 is 2.13 bits per heavy atom. The van der Waals surface area contributed by atoms with Crippen LogP contribution < -0.4 is 10.1 Å². The fourth-order valence-electron chi connectivity index (χ4n) is 1.79. The molecule has 0 aliphatic heterocycles. The summed E-state index contributed by atoms with van der Waals surface area (Å²) in [7, 11) is 0. The number of ether oxygens (including phenoxy) is 2. The predicted molar refractivity (Wildman–Crippen MR) is 85.7 cm³/mol. The smallest absolute Gasteiger partial charge is 0.408 e. The van der Waals surface area contributed by atoms with Gasteiger partial charge in [0.2, 0.25) is 0 Å². The normalized spacial score (nSPS) is 13.7. The monoisotopic (exact) mass is 319 g/mol. The molecule has 4 nitrogen and oxygen atoms in total. The number of nitrogens with one attached hydrogen (secondary N) is 1. The Morgan fingerprint density at radius 3 is 2.78 bits per heavy atom. The minimum atomic E-state index is -0.552. The number of rotatable bonds is 4. The molecule has 1 aromatic rings. The quantitative estimate of drug-likeness (QED) is 0.864. The number of hydrogen-bond donors (Lipinski definition) is 1. The van der Waals surface area contributed by atoms with Crippen molar-refractivity contribution < 1.29 is 18.7 Å². The fourth-order valence-corrected chi connectivity index (χ4v) is 1.79. The van der Waals surface area contributed by atoms with Crippen LogP contribution in [0, 0.1) is 23.6 Å². The molecular weight excluding hydrogens is 297 g/mol. The van der Waals surface area contributed by atoms with E-state index in [9.17, 15) is 9.18 Å². The highest BCUT2D eigenvalue weighted by Crippen LogP contribution is 2.30. The molecule has 0 bridgehead atoms. The third-order valence-corrected chi connectivity index (χ3v) is 3.06. The number of benzene rings is 1. The standard InChI is InChI=1S/C18H22FNO3/c1-18(2,3)23-17(21)20-10-4-5-14-11-15(19)8-9-16(14)22-12-13-6-7-13/h8-9,11,13H,6-7,10,12H2,1-3H3,(H,20,21). The average molecular weight is 319 g/mol. The molecule has 1 N–H and O–H groups in total. The Bertz CT molecular complexity index is 621. The zero-order valence-corrected chi connectivity index (χ0v) is 13.7. The van der Waals surface area contributed by atoms with Crippen LogP contribution in [0.1, 0.15) is 39.2 Å². The van der Waals surface area contributed by atoms with E-state index in [4.69, 9.17) is 9.47 Å². The van der Waals surface area contributed by atoms with Gasteiger partial charge in [-0.2, -0.15) is 0 Å². The van der Waals surface area contributed by atoms with Gasteiger partial charge in [0.25, 0.3) is 0 Å². The van der Waals surface area contributed by atoms with Crippen molar-refractivity contribution >= 4 is 6.09 Å². The molecule has 0 aromatic heterocycles. The van der Waals surface area contributed by atoms with Crippen LogP contribution in [0.15, 0.2) is 18.2 Å². The molecule has 2 rings (SSSR count). The van der Waals surface area contributed by atoms with Gasteiger partial charge in [-0.25, -0.2) is 9.18 Å². The molecule has 1 amide bonds. The lowest BCUT2D eigenvalue weighted by Gasteiger charge is -2.19. The van der Waals surface area contributed by atoms with Crippen LogP contribution in [-0.2, 0) is 4.74 Å². The summed E-state index contributed by atoms with van der Waals surface area (Å²) in [5, 5.41) is 2.53. The molecule has 124 valence electrons. The molecule has 1 aliphatic rings. The minimum Gasteiger partial charge on any atom is -0.492 e. The van der Waals surface area contributed by atoms with Crippen molar-refractivity contribution in [3.05, 3.63) is 29.6 Å². The van der Waals surface area contributed by atoms with E-state index >= 15 is 0 Å². The minimum absolute atomic E-state index is 0.119. The van der Waals surface area contributed by atoms with E-state index in [0.717, 1.165) is 0 Å². The van der Waals surface area contributed by atoms with Gasteiger partial charge in [0.05, 0.1) is 18.7 Å². The second kappa shape index (κ2) is 7.36. The van der Waals surface area contributed by atoms with E-state index in [0.29, 0.717) is 23.8 Å². The van der Waals surface area contributed by atoms with Crippen LogP contribution in [0.2, 0.25) is 0 Å². The Kier molecular flexibility index (Phi) is 5.49. The number of halogens is 1. The summed E-state index contributed by atoms with van der Waals surface area (Å²) < 4.78 is 24.1. The Morgan fingerprint density at radius 1 is 1.39 bits per heavy atom. The first-order valence-electron chi connectivity index (χ1n) is 7.71. The van der Waals surface area contributed by atoms with Gasteiger partial charge in [-0.3, -0.25) is 0 Å². The molecule has 0 unspecified atom stereocenters. The summed E-state index contributed by atoms with van der Waals surface area (Å²) in [6.07, 6.45) is 1.83.